The topological polar surface area (TPSA) is 67.9 Å². The van der Waals surface area contributed by atoms with Crippen LogP contribution in [0.3, 0.4) is 0 Å². The van der Waals surface area contributed by atoms with Crippen LogP contribution in [0, 0.1) is 17.5 Å². The second-order valence-electron chi connectivity index (χ2n) is 5.66. The Balaban J connectivity index is 2.16. The lowest BCUT2D eigenvalue weighted by Crippen LogP contribution is -2.38. The number of rotatable bonds is 7. The molecular formula is C19H19F3N2O4. The van der Waals surface area contributed by atoms with Gasteiger partial charge in [0.2, 0.25) is 5.91 Å². The Morgan fingerprint density at radius 3 is 2.14 bits per heavy atom. The molecule has 0 radical (unpaired) electrons. The van der Waals surface area contributed by atoms with E-state index in [0.717, 1.165) is 24.0 Å². The van der Waals surface area contributed by atoms with Gasteiger partial charge in [0, 0.05) is 20.0 Å². The fraction of sp³-hybridized carbons (Fsp3) is 0.263. The number of hydrogen-bond acceptors (Lipinski definition) is 4. The van der Waals surface area contributed by atoms with Crippen LogP contribution >= 0.6 is 0 Å². The van der Waals surface area contributed by atoms with Gasteiger partial charge >= 0.3 is 0 Å². The number of amides is 2. The van der Waals surface area contributed by atoms with Crippen LogP contribution in [0.2, 0.25) is 0 Å². The minimum absolute atomic E-state index is 0.0853. The van der Waals surface area contributed by atoms with Crippen LogP contribution in [0.1, 0.15) is 17.3 Å². The van der Waals surface area contributed by atoms with Gasteiger partial charge in [-0.3, -0.25) is 9.59 Å². The molecule has 0 unspecified atom stereocenters. The average molecular weight is 396 g/mol. The summed E-state index contributed by atoms with van der Waals surface area (Å²) in [7, 11) is 2.80. The molecular weight excluding hydrogens is 377 g/mol. The molecule has 0 fully saturated rings. The highest BCUT2D eigenvalue weighted by atomic mass is 19.2. The summed E-state index contributed by atoms with van der Waals surface area (Å²) in [4.78, 5) is 25.2. The summed E-state index contributed by atoms with van der Waals surface area (Å²) in [5.74, 6) is -5.09. The van der Waals surface area contributed by atoms with Gasteiger partial charge in [0.1, 0.15) is 17.1 Å². The minimum Gasteiger partial charge on any atom is -0.496 e. The molecule has 0 aliphatic heterocycles. The van der Waals surface area contributed by atoms with Gasteiger partial charge in [0.15, 0.2) is 17.5 Å². The van der Waals surface area contributed by atoms with E-state index in [9.17, 15) is 22.8 Å². The van der Waals surface area contributed by atoms with Crippen LogP contribution in [0.25, 0.3) is 0 Å². The SMILES string of the molecule is COc1cccc(OC)c1C(=O)NCCN(C(C)=O)c1ccc(F)c(F)c1F. The van der Waals surface area contributed by atoms with E-state index < -0.39 is 35.0 Å². The fourth-order valence-corrected chi connectivity index (χ4v) is 2.62. The summed E-state index contributed by atoms with van der Waals surface area (Å²) < 4.78 is 50.9. The van der Waals surface area contributed by atoms with Gasteiger partial charge in [-0.25, -0.2) is 13.2 Å². The summed E-state index contributed by atoms with van der Waals surface area (Å²) in [6, 6.07) is 6.49. The number of hydrogen-bond donors (Lipinski definition) is 1. The van der Waals surface area contributed by atoms with Crippen molar-refractivity contribution in [3.63, 3.8) is 0 Å². The lowest BCUT2D eigenvalue weighted by molar-refractivity contribution is -0.116. The summed E-state index contributed by atoms with van der Waals surface area (Å²) in [6.07, 6.45) is 0. The lowest BCUT2D eigenvalue weighted by Gasteiger charge is -2.22. The van der Waals surface area contributed by atoms with Crippen LogP contribution < -0.4 is 19.7 Å². The van der Waals surface area contributed by atoms with E-state index in [2.05, 4.69) is 5.32 Å². The highest BCUT2D eigenvalue weighted by molar-refractivity contribution is 6.00. The number of benzene rings is 2. The Bertz CT molecular complexity index is 867. The van der Waals surface area contributed by atoms with Gasteiger partial charge in [-0.15, -0.1) is 0 Å². The molecule has 2 aromatic rings. The fourth-order valence-electron chi connectivity index (χ4n) is 2.62. The molecule has 2 aromatic carbocycles. The number of methoxy groups -OCH3 is 2. The van der Waals surface area contributed by atoms with Gasteiger partial charge in [-0.1, -0.05) is 6.07 Å². The molecule has 6 nitrogen and oxygen atoms in total. The summed E-state index contributed by atoms with van der Waals surface area (Å²) in [5.41, 5.74) is -0.267. The van der Waals surface area contributed by atoms with Crippen molar-refractivity contribution in [3.05, 3.63) is 53.3 Å². The number of anilines is 1. The molecule has 28 heavy (non-hydrogen) atoms. The van der Waals surface area contributed by atoms with Crippen LogP contribution in [0.5, 0.6) is 11.5 Å². The molecule has 0 heterocycles. The van der Waals surface area contributed by atoms with Crippen LogP contribution in [0.15, 0.2) is 30.3 Å². The number of nitrogens with zero attached hydrogens (tertiary/aromatic N) is 1. The Hall–Kier alpha value is -3.23. The molecule has 2 rings (SSSR count). The number of halogens is 3. The molecule has 0 aliphatic carbocycles. The predicted octanol–water partition coefficient (Wildman–Crippen LogP) is 2.90. The van der Waals surface area contributed by atoms with E-state index in [4.69, 9.17) is 9.47 Å². The molecule has 0 aromatic heterocycles. The third-order valence-corrected chi connectivity index (χ3v) is 3.96. The van der Waals surface area contributed by atoms with Crippen LogP contribution in [-0.4, -0.2) is 39.1 Å². The zero-order valence-electron chi connectivity index (χ0n) is 15.5. The Morgan fingerprint density at radius 2 is 1.61 bits per heavy atom. The molecule has 0 saturated carbocycles. The van der Waals surface area contributed by atoms with Crippen molar-refractivity contribution in [2.24, 2.45) is 0 Å². The predicted molar refractivity (Wildman–Crippen MR) is 96.2 cm³/mol. The van der Waals surface area contributed by atoms with E-state index in [-0.39, 0.29) is 30.2 Å². The van der Waals surface area contributed by atoms with Crippen molar-refractivity contribution in [3.8, 4) is 11.5 Å². The highest BCUT2D eigenvalue weighted by Gasteiger charge is 2.22. The molecule has 0 spiro atoms. The molecule has 150 valence electrons. The normalized spacial score (nSPS) is 10.4. The van der Waals surface area contributed by atoms with Crippen molar-refractivity contribution < 1.29 is 32.2 Å². The molecule has 9 heteroatoms. The summed E-state index contributed by atoms with van der Waals surface area (Å²) in [6.45, 7) is 0.893. The minimum atomic E-state index is -1.67. The average Bonchev–Trinajstić information content (AvgIpc) is 2.69. The summed E-state index contributed by atoms with van der Waals surface area (Å²) >= 11 is 0. The Kier molecular flexibility index (Phi) is 6.86. The maximum atomic E-state index is 14.0. The molecule has 0 bridgehead atoms. The lowest BCUT2D eigenvalue weighted by atomic mass is 10.1. The van der Waals surface area contributed by atoms with Crippen LogP contribution in [-0.2, 0) is 4.79 Å². The van der Waals surface area contributed by atoms with Gasteiger partial charge in [0.25, 0.3) is 5.91 Å². The second kappa shape index (κ2) is 9.12. The van der Waals surface area contributed by atoms with Gasteiger partial charge < -0.3 is 19.7 Å². The van der Waals surface area contributed by atoms with Gasteiger partial charge in [-0.2, -0.15) is 0 Å². The molecule has 0 aliphatic rings. The zero-order valence-corrected chi connectivity index (χ0v) is 15.5. The highest BCUT2D eigenvalue weighted by Crippen LogP contribution is 2.28. The Morgan fingerprint density at radius 1 is 1.00 bits per heavy atom. The second-order valence-corrected chi connectivity index (χ2v) is 5.66. The van der Waals surface area contributed by atoms with Crippen molar-refractivity contribution in [2.45, 2.75) is 6.92 Å². The van der Waals surface area contributed by atoms with Crippen molar-refractivity contribution >= 4 is 17.5 Å². The van der Waals surface area contributed by atoms with Crippen molar-refractivity contribution in [1.29, 1.82) is 0 Å². The number of carbonyl (C=O) groups is 2. The number of nitrogens with one attached hydrogen (secondary N) is 1. The third kappa shape index (κ3) is 4.36. The van der Waals surface area contributed by atoms with Gasteiger partial charge in [-0.05, 0) is 24.3 Å². The Labute approximate surface area is 159 Å². The maximum absolute atomic E-state index is 14.0. The quantitative estimate of drug-likeness (QED) is 0.731. The van der Waals surface area contributed by atoms with E-state index in [1.165, 1.54) is 14.2 Å². The first-order valence-corrected chi connectivity index (χ1v) is 8.22. The maximum Gasteiger partial charge on any atom is 0.258 e. The summed E-state index contributed by atoms with van der Waals surface area (Å²) in [5, 5.41) is 2.57. The smallest absolute Gasteiger partial charge is 0.258 e. The van der Waals surface area contributed by atoms with E-state index in [1.54, 1.807) is 18.2 Å². The largest absolute Gasteiger partial charge is 0.496 e. The standard InChI is InChI=1S/C19H19F3N2O4/c1-11(25)24(13-8-7-12(20)17(21)18(13)22)10-9-23-19(26)16-14(27-2)5-4-6-15(16)28-3/h4-8H,9-10H2,1-3H3,(H,23,26). The van der Waals surface area contributed by atoms with E-state index in [1.807, 2.05) is 0 Å². The first-order chi connectivity index (χ1) is 13.3. The van der Waals surface area contributed by atoms with Gasteiger partial charge in [0.05, 0.1) is 19.9 Å². The third-order valence-electron chi connectivity index (χ3n) is 3.96. The van der Waals surface area contributed by atoms with E-state index in [0.29, 0.717) is 0 Å². The number of carbonyl (C=O) groups excluding carboxylic acids is 2. The monoisotopic (exact) mass is 396 g/mol. The van der Waals surface area contributed by atoms with Crippen molar-refractivity contribution in [2.75, 3.05) is 32.2 Å². The molecule has 0 saturated heterocycles. The first-order valence-electron chi connectivity index (χ1n) is 8.22. The number of ether oxygens (including phenoxy) is 2. The van der Waals surface area contributed by atoms with E-state index >= 15 is 0 Å². The molecule has 1 N–H and O–H groups in total. The molecule has 0 atom stereocenters. The van der Waals surface area contributed by atoms with Crippen LogP contribution in [0.4, 0.5) is 18.9 Å². The van der Waals surface area contributed by atoms with Crippen molar-refractivity contribution in [1.82, 2.24) is 5.32 Å². The zero-order chi connectivity index (χ0) is 20.8. The first kappa shape index (κ1) is 21.1. The molecule has 2 amide bonds.